The van der Waals surface area contributed by atoms with Gasteiger partial charge in [-0.15, -0.1) is 0 Å². The van der Waals surface area contributed by atoms with Gasteiger partial charge in [0.25, 0.3) is 5.92 Å². The van der Waals surface area contributed by atoms with Crippen molar-refractivity contribution in [1.82, 2.24) is 16.0 Å². The number of aliphatic carboxylic acids is 1. The van der Waals surface area contributed by atoms with Crippen LogP contribution in [0.25, 0.3) is 0 Å². The first kappa shape index (κ1) is 29.1. The van der Waals surface area contributed by atoms with Crippen LogP contribution in [0.3, 0.4) is 0 Å². The zero-order valence-corrected chi connectivity index (χ0v) is 18.4. The number of nitrogens with two attached hydrogens (primary N) is 1. The van der Waals surface area contributed by atoms with E-state index >= 15 is 0 Å². The van der Waals surface area contributed by atoms with Gasteiger partial charge in [0.1, 0.15) is 30.9 Å². The molecule has 0 aromatic rings. The molecule has 1 fully saturated rings. The number of rotatable bonds is 14. The maximum atomic E-state index is 14.3. The van der Waals surface area contributed by atoms with Crippen molar-refractivity contribution in [3.63, 3.8) is 0 Å². The number of hydrogen-bond donors (Lipinski definition) is 8. The van der Waals surface area contributed by atoms with Crippen LogP contribution < -0.4 is 21.7 Å². The van der Waals surface area contributed by atoms with Crippen LogP contribution in [0.1, 0.15) is 32.6 Å². The highest BCUT2D eigenvalue weighted by Crippen LogP contribution is 2.31. The standard InChI is InChI=1S/C19H34F2N4O8/c1-10(17(31)24-7-15(28)29)25-18(32)11(22)4-2-3-5-23-9-19(20,21)14-6-12(27)16(30)13(8-26)33-14/h10-14,16,23,26-27,30H,2-9,22H2,1H3,(H,24,31)(H,25,32)(H,28,29)/t10-,11?,12?,13?,14?,16?/m0/s1. The van der Waals surface area contributed by atoms with Crippen molar-refractivity contribution in [2.24, 2.45) is 5.73 Å². The predicted octanol–water partition coefficient (Wildman–Crippen LogP) is -2.71. The van der Waals surface area contributed by atoms with Gasteiger partial charge < -0.3 is 46.8 Å². The van der Waals surface area contributed by atoms with Gasteiger partial charge in [-0.1, -0.05) is 6.42 Å². The lowest BCUT2D eigenvalue weighted by atomic mass is 9.94. The number of unbranched alkanes of at least 4 members (excludes halogenated alkanes) is 1. The summed E-state index contributed by atoms with van der Waals surface area (Å²) < 4.78 is 33.7. The van der Waals surface area contributed by atoms with Crippen molar-refractivity contribution < 1.29 is 48.3 Å². The second-order valence-electron chi connectivity index (χ2n) is 8.02. The Labute approximate surface area is 189 Å². The first-order valence-corrected chi connectivity index (χ1v) is 10.7. The van der Waals surface area contributed by atoms with Crippen LogP contribution in [0.4, 0.5) is 8.78 Å². The fourth-order valence-electron chi connectivity index (χ4n) is 3.19. The third-order valence-corrected chi connectivity index (χ3v) is 5.20. The fraction of sp³-hybridized carbons (Fsp3) is 0.842. The highest BCUT2D eigenvalue weighted by Gasteiger charge is 2.48. The Balaban J connectivity index is 2.27. The number of carboxylic acids is 1. The highest BCUT2D eigenvalue weighted by molar-refractivity contribution is 5.90. The second kappa shape index (κ2) is 13.7. The van der Waals surface area contributed by atoms with E-state index in [-0.39, 0.29) is 13.0 Å². The summed E-state index contributed by atoms with van der Waals surface area (Å²) in [5.41, 5.74) is 5.76. The number of nitrogens with one attached hydrogen (secondary N) is 3. The average Bonchev–Trinajstić information content (AvgIpc) is 2.75. The number of halogens is 2. The molecule has 12 nitrogen and oxygen atoms in total. The number of aliphatic hydroxyl groups is 3. The molecule has 0 radical (unpaired) electrons. The summed E-state index contributed by atoms with van der Waals surface area (Å²) in [6.07, 6.45) is -5.17. The van der Waals surface area contributed by atoms with Gasteiger partial charge in [0.15, 0.2) is 0 Å². The molecule has 1 aliphatic rings. The summed E-state index contributed by atoms with van der Waals surface area (Å²) in [5, 5.41) is 44.0. The number of carbonyl (C=O) groups excluding carboxylic acids is 2. The molecule has 33 heavy (non-hydrogen) atoms. The first-order chi connectivity index (χ1) is 15.4. The van der Waals surface area contributed by atoms with E-state index in [0.717, 1.165) is 0 Å². The third-order valence-electron chi connectivity index (χ3n) is 5.20. The zero-order chi connectivity index (χ0) is 25.2. The van der Waals surface area contributed by atoms with Gasteiger partial charge in [-0.2, -0.15) is 0 Å². The van der Waals surface area contributed by atoms with Gasteiger partial charge in [0.2, 0.25) is 11.8 Å². The molecule has 9 N–H and O–H groups in total. The summed E-state index contributed by atoms with van der Waals surface area (Å²) in [5.74, 6) is -5.83. The largest absolute Gasteiger partial charge is 0.480 e. The molecule has 1 rings (SSSR count). The molecule has 0 bridgehead atoms. The fourth-order valence-corrected chi connectivity index (χ4v) is 3.19. The summed E-state index contributed by atoms with van der Waals surface area (Å²) in [6, 6.07) is -1.90. The van der Waals surface area contributed by atoms with E-state index in [4.69, 9.17) is 20.7 Å². The van der Waals surface area contributed by atoms with Gasteiger partial charge in [-0.05, 0) is 26.3 Å². The lowest BCUT2D eigenvalue weighted by Crippen LogP contribution is -2.56. The van der Waals surface area contributed by atoms with Gasteiger partial charge in [-0.25, -0.2) is 8.78 Å². The van der Waals surface area contributed by atoms with Gasteiger partial charge in [-0.3, -0.25) is 14.4 Å². The molecule has 192 valence electrons. The molecule has 5 unspecified atom stereocenters. The van der Waals surface area contributed by atoms with Crippen LogP contribution in [-0.4, -0.2) is 107 Å². The molecule has 1 aliphatic heterocycles. The first-order valence-electron chi connectivity index (χ1n) is 10.7. The lowest BCUT2D eigenvalue weighted by Gasteiger charge is -2.39. The second-order valence-corrected chi connectivity index (χ2v) is 8.02. The molecule has 0 saturated carbocycles. The zero-order valence-electron chi connectivity index (χ0n) is 18.4. The summed E-state index contributed by atoms with van der Waals surface area (Å²) in [7, 11) is 0. The average molecular weight is 484 g/mol. The lowest BCUT2D eigenvalue weighted by molar-refractivity contribution is -0.237. The maximum Gasteiger partial charge on any atom is 0.322 e. The van der Waals surface area contributed by atoms with Crippen molar-refractivity contribution in [2.75, 3.05) is 26.2 Å². The number of aliphatic hydroxyl groups excluding tert-OH is 3. The number of carbonyl (C=O) groups is 3. The maximum absolute atomic E-state index is 14.3. The Bertz CT molecular complexity index is 657. The van der Waals surface area contributed by atoms with Crippen molar-refractivity contribution in [3.8, 4) is 0 Å². The van der Waals surface area contributed by atoms with E-state index in [1.165, 1.54) is 6.92 Å². The monoisotopic (exact) mass is 484 g/mol. The molecule has 2 amide bonds. The molecular formula is C19H34F2N4O8. The number of amides is 2. The minimum absolute atomic E-state index is 0.194. The third kappa shape index (κ3) is 9.81. The predicted molar refractivity (Wildman–Crippen MR) is 110 cm³/mol. The van der Waals surface area contributed by atoms with Crippen LogP contribution in [0.2, 0.25) is 0 Å². The van der Waals surface area contributed by atoms with E-state index in [0.29, 0.717) is 12.8 Å². The van der Waals surface area contributed by atoms with Crippen LogP contribution in [0, 0.1) is 0 Å². The number of alkyl halides is 2. The van der Waals surface area contributed by atoms with Crippen molar-refractivity contribution >= 4 is 17.8 Å². The molecule has 1 saturated heterocycles. The van der Waals surface area contributed by atoms with Gasteiger partial charge >= 0.3 is 5.97 Å². The Morgan fingerprint density at radius 3 is 2.48 bits per heavy atom. The molecule has 14 heteroatoms. The molecule has 0 aromatic carbocycles. The van der Waals surface area contributed by atoms with E-state index in [1.54, 1.807) is 0 Å². The molecule has 0 spiro atoms. The minimum atomic E-state index is -3.35. The van der Waals surface area contributed by atoms with Crippen LogP contribution >= 0.6 is 0 Å². The minimum Gasteiger partial charge on any atom is -0.480 e. The highest BCUT2D eigenvalue weighted by atomic mass is 19.3. The Morgan fingerprint density at radius 1 is 1.21 bits per heavy atom. The van der Waals surface area contributed by atoms with E-state index in [9.17, 15) is 33.4 Å². The van der Waals surface area contributed by atoms with E-state index < -0.39 is 86.3 Å². The molecule has 6 atom stereocenters. The number of carboxylic acid groups (broad SMARTS) is 1. The quantitative estimate of drug-likeness (QED) is 0.120. The summed E-state index contributed by atoms with van der Waals surface area (Å²) >= 11 is 0. The number of ether oxygens (including phenoxy) is 1. The van der Waals surface area contributed by atoms with Crippen molar-refractivity contribution in [3.05, 3.63) is 0 Å². The van der Waals surface area contributed by atoms with E-state index in [2.05, 4.69) is 16.0 Å². The molecular weight excluding hydrogens is 450 g/mol. The normalized spacial score (nSPS) is 25.2. The van der Waals surface area contributed by atoms with Gasteiger partial charge in [0, 0.05) is 6.42 Å². The van der Waals surface area contributed by atoms with Crippen LogP contribution in [0.15, 0.2) is 0 Å². The van der Waals surface area contributed by atoms with Crippen LogP contribution in [0.5, 0.6) is 0 Å². The Morgan fingerprint density at radius 2 is 1.88 bits per heavy atom. The SMILES string of the molecule is C[C@H](NC(=O)C(N)CCCCNCC(F)(F)C1CC(O)C(O)C(CO)O1)C(=O)NCC(=O)O. The Kier molecular flexibility index (Phi) is 12.0. The van der Waals surface area contributed by atoms with Crippen molar-refractivity contribution in [1.29, 1.82) is 0 Å². The number of hydrogen-bond acceptors (Lipinski definition) is 9. The summed E-state index contributed by atoms with van der Waals surface area (Å²) in [6.45, 7) is -0.440. The summed E-state index contributed by atoms with van der Waals surface area (Å²) in [4.78, 5) is 34.1. The van der Waals surface area contributed by atoms with Crippen molar-refractivity contribution in [2.45, 2.75) is 75.0 Å². The molecule has 1 heterocycles. The topological polar surface area (TPSA) is 203 Å². The molecule has 0 aromatic heterocycles. The molecule has 0 aliphatic carbocycles. The van der Waals surface area contributed by atoms with Crippen LogP contribution in [-0.2, 0) is 19.1 Å². The van der Waals surface area contributed by atoms with E-state index in [1.807, 2.05) is 0 Å². The smallest absolute Gasteiger partial charge is 0.322 e. The Hall–Kier alpha value is -1.97. The van der Waals surface area contributed by atoms with Gasteiger partial charge in [0.05, 0.1) is 25.3 Å².